The predicted molar refractivity (Wildman–Crippen MR) is 60.0 cm³/mol. The molecule has 0 aliphatic rings. The standard InChI is InChI=1S/C10H12N2S/c1-9(11)13-8-3-2-5-10-6-4-7-12-10/h2-8,11-12H,1H3/b5-2-,8-3+,11-9?. The minimum Gasteiger partial charge on any atom is -0.362 e. The molecule has 0 aliphatic carbocycles. The topological polar surface area (TPSA) is 39.6 Å². The summed E-state index contributed by atoms with van der Waals surface area (Å²) in [6, 6.07) is 3.96. The van der Waals surface area contributed by atoms with Gasteiger partial charge in [0.05, 0.1) is 5.04 Å². The van der Waals surface area contributed by atoms with E-state index < -0.39 is 0 Å². The second-order valence-corrected chi connectivity index (χ2v) is 3.61. The van der Waals surface area contributed by atoms with Crippen molar-refractivity contribution in [3.05, 3.63) is 41.6 Å². The monoisotopic (exact) mass is 192 g/mol. The molecule has 0 spiro atoms. The van der Waals surface area contributed by atoms with E-state index in [0.29, 0.717) is 5.04 Å². The summed E-state index contributed by atoms with van der Waals surface area (Å²) in [4.78, 5) is 3.07. The Labute approximate surface area is 82.3 Å². The molecular formula is C10H12N2S. The summed E-state index contributed by atoms with van der Waals surface area (Å²) < 4.78 is 0. The van der Waals surface area contributed by atoms with Crippen molar-refractivity contribution in [3.8, 4) is 0 Å². The van der Waals surface area contributed by atoms with Crippen LogP contribution in [-0.2, 0) is 0 Å². The van der Waals surface area contributed by atoms with E-state index >= 15 is 0 Å². The summed E-state index contributed by atoms with van der Waals surface area (Å²) in [7, 11) is 0. The van der Waals surface area contributed by atoms with Gasteiger partial charge < -0.3 is 4.98 Å². The number of aromatic nitrogens is 1. The molecule has 0 atom stereocenters. The molecule has 2 nitrogen and oxygen atoms in total. The van der Waals surface area contributed by atoms with Crippen molar-refractivity contribution in [1.29, 1.82) is 5.41 Å². The second-order valence-electron chi connectivity index (χ2n) is 2.49. The first-order chi connectivity index (χ1) is 6.29. The minimum absolute atomic E-state index is 0.601. The van der Waals surface area contributed by atoms with Gasteiger partial charge >= 0.3 is 0 Å². The molecule has 1 aromatic heterocycles. The number of hydrogen-bond donors (Lipinski definition) is 2. The van der Waals surface area contributed by atoms with Gasteiger partial charge in [0, 0.05) is 11.9 Å². The molecule has 0 unspecified atom stereocenters. The normalized spacial score (nSPS) is 11.5. The lowest BCUT2D eigenvalue weighted by molar-refractivity contribution is 1.38. The molecule has 0 radical (unpaired) electrons. The number of allylic oxidation sites excluding steroid dienone is 2. The van der Waals surface area contributed by atoms with Crippen LogP contribution in [0.25, 0.3) is 6.08 Å². The molecule has 0 aliphatic heterocycles. The van der Waals surface area contributed by atoms with Gasteiger partial charge in [-0.3, -0.25) is 5.41 Å². The van der Waals surface area contributed by atoms with Crippen molar-refractivity contribution >= 4 is 22.9 Å². The van der Waals surface area contributed by atoms with Gasteiger partial charge in [-0.1, -0.05) is 23.9 Å². The molecule has 3 heteroatoms. The fourth-order valence-corrected chi connectivity index (χ4v) is 1.17. The molecular weight excluding hydrogens is 180 g/mol. The van der Waals surface area contributed by atoms with E-state index in [4.69, 9.17) is 5.41 Å². The summed E-state index contributed by atoms with van der Waals surface area (Å²) in [6.45, 7) is 1.77. The number of hydrogen-bond acceptors (Lipinski definition) is 2. The van der Waals surface area contributed by atoms with Gasteiger partial charge in [-0.2, -0.15) is 0 Å². The van der Waals surface area contributed by atoms with E-state index in [-0.39, 0.29) is 0 Å². The Hall–Kier alpha value is -1.22. The quantitative estimate of drug-likeness (QED) is 0.430. The first-order valence-corrected chi connectivity index (χ1v) is 4.85. The molecule has 0 amide bonds. The lowest BCUT2D eigenvalue weighted by Gasteiger charge is -1.85. The zero-order valence-electron chi connectivity index (χ0n) is 7.45. The first-order valence-electron chi connectivity index (χ1n) is 3.97. The molecule has 13 heavy (non-hydrogen) atoms. The van der Waals surface area contributed by atoms with Crippen molar-refractivity contribution in [3.63, 3.8) is 0 Å². The lowest BCUT2D eigenvalue weighted by Crippen LogP contribution is -1.71. The van der Waals surface area contributed by atoms with E-state index in [9.17, 15) is 0 Å². The van der Waals surface area contributed by atoms with Crippen LogP contribution in [0.2, 0.25) is 0 Å². The third-order valence-corrected chi connectivity index (χ3v) is 1.98. The Balaban J connectivity index is 2.34. The Kier molecular flexibility index (Phi) is 4.12. The van der Waals surface area contributed by atoms with E-state index in [2.05, 4.69) is 4.98 Å². The third-order valence-electron chi connectivity index (χ3n) is 1.33. The van der Waals surface area contributed by atoms with Gasteiger partial charge in [-0.15, -0.1) is 0 Å². The number of thioether (sulfide) groups is 1. The van der Waals surface area contributed by atoms with Gasteiger partial charge in [-0.25, -0.2) is 0 Å². The highest BCUT2D eigenvalue weighted by atomic mass is 32.2. The van der Waals surface area contributed by atoms with Crippen molar-refractivity contribution < 1.29 is 0 Å². The summed E-state index contributed by atoms with van der Waals surface area (Å²) in [5.74, 6) is 0. The zero-order valence-corrected chi connectivity index (χ0v) is 8.27. The Morgan fingerprint density at radius 1 is 1.54 bits per heavy atom. The van der Waals surface area contributed by atoms with Gasteiger partial charge in [0.2, 0.25) is 0 Å². The molecule has 0 aromatic carbocycles. The van der Waals surface area contributed by atoms with E-state index in [1.165, 1.54) is 11.8 Å². The van der Waals surface area contributed by atoms with Crippen molar-refractivity contribution in [1.82, 2.24) is 4.98 Å². The summed E-state index contributed by atoms with van der Waals surface area (Å²) in [6.07, 6.45) is 7.74. The van der Waals surface area contributed by atoms with E-state index in [0.717, 1.165) is 5.69 Å². The largest absolute Gasteiger partial charge is 0.362 e. The molecule has 0 fully saturated rings. The molecule has 2 N–H and O–H groups in total. The Bertz CT molecular complexity index is 310. The van der Waals surface area contributed by atoms with Crippen molar-refractivity contribution in [2.45, 2.75) is 6.92 Å². The predicted octanol–water partition coefficient (Wildman–Crippen LogP) is 3.27. The second kappa shape index (κ2) is 5.43. The van der Waals surface area contributed by atoms with Crippen LogP contribution < -0.4 is 0 Å². The maximum atomic E-state index is 7.15. The summed E-state index contributed by atoms with van der Waals surface area (Å²) in [5.41, 5.74) is 1.08. The highest BCUT2D eigenvalue weighted by Gasteiger charge is 1.81. The van der Waals surface area contributed by atoms with E-state index in [1.807, 2.05) is 42.0 Å². The molecule has 0 saturated heterocycles. The zero-order chi connectivity index (χ0) is 9.52. The fourth-order valence-electron chi connectivity index (χ4n) is 0.794. The summed E-state index contributed by atoms with van der Waals surface area (Å²) >= 11 is 1.41. The van der Waals surface area contributed by atoms with Crippen LogP contribution in [0.15, 0.2) is 35.9 Å². The number of rotatable bonds is 3. The fraction of sp³-hybridized carbons (Fsp3) is 0.100. The van der Waals surface area contributed by atoms with Gasteiger partial charge in [-0.05, 0) is 30.5 Å². The third kappa shape index (κ3) is 4.38. The average Bonchev–Trinajstić information content (AvgIpc) is 2.55. The SMILES string of the molecule is CC(=N)S/C=C/C=C\c1ccc[nH]1. The first kappa shape index (κ1) is 9.86. The molecule has 1 heterocycles. The highest BCUT2D eigenvalue weighted by molar-refractivity contribution is 8.16. The van der Waals surface area contributed by atoms with E-state index in [1.54, 1.807) is 6.92 Å². The minimum atomic E-state index is 0.601. The maximum absolute atomic E-state index is 7.15. The molecule has 1 rings (SSSR count). The number of H-pyrrole nitrogens is 1. The van der Waals surface area contributed by atoms with Crippen molar-refractivity contribution in [2.24, 2.45) is 0 Å². The maximum Gasteiger partial charge on any atom is 0.0652 e. The van der Waals surface area contributed by atoms with Gasteiger partial charge in [0.15, 0.2) is 0 Å². The smallest absolute Gasteiger partial charge is 0.0652 e. The van der Waals surface area contributed by atoms with Crippen LogP contribution >= 0.6 is 11.8 Å². The molecule has 1 aromatic rings. The molecule has 0 saturated carbocycles. The molecule has 68 valence electrons. The Morgan fingerprint density at radius 2 is 2.38 bits per heavy atom. The number of nitrogens with one attached hydrogen (secondary N) is 2. The van der Waals surface area contributed by atoms with Crippen LogP contribution in [-0.4, -0.2) is 10.0 Å². The van der Waals surface area contributed by atoms with Crippen LogP contribution in [0.3, 0.4) is 0 Å². The molecule has 0 bridgehead atoms. The van der Waals surface area contributed by atoms with Crippen LogP contribution in [0, 0.1) is 5.41 Å². The number of aromatic amines is 1. The van der Waals surface area contributed by atoms with Crippen LogP contribution in [0.1, 0.15) is 12.6 Å². The Morgan fingerprint density at radius 3 is 3.00 bits per heavy atom. The highest BCUT2D eigenvalue weighted by Crippen LogP contribution is 2.03. The van der Waals surface area contributed by atoms with Crippen LogP contribution in [0.4, 0.5) is 0 Å². The van der Waals surface area contributed by atoms with Gasteiger partial charge in [0.25, 0.3) is 0 Å². The summed E-state index contributed by atoms with van der Waals surface area (Å²) in [5, 5.41) is 9.64. The van der Waals surface area contributed by atoms with Crippen LogP contribution in [0.5, 0.6) is 0 Å². The van der Waals surface area contributed by atoms with Gasteiger partial charge in [0.1, 0.15) is 0 Å². The van der Waals surface area contributed by atoms with Crippen molar-refractivity contribution in [2.75, 3.05) is 0 Å². The average molecular weight is 192 g/mol. The lowest BCUT2D eigenvalue weighted by atomic mass is 10.4.